The fraction of sp³-hybridized carbons (Fsp3) is 0.615. The molecule has 1 aromatic rings. The number of aryl methyl sites for hydroxylation is 1. The molecule has 0 aliphatic heterocycles. The Hall–Kier alpha value is -1.63. The largest absolute Gasteiger partial charge is 0.481 e. The number of carbonyl (C=O) groups excluding carboxylic acids is 1. The Morgan fingerprint density at radius 1 is 1.55 bits per heavy atom. The Kier molecular flexibility index (Phi) is 4.59. The molecule has 20 heavy (non-hydrogen) atoms. The number of carbonyl (C=O) groups is 2. The molecule has 1 aliphatic rings. The second kappa shape index (κ2) is 6.21. The van der Waals surface area contributed by atoms with Crippen LogP contribution < -0.4 is 5.32 Å². The second-order valence-electron chi connectivity index (χ2n) is 5.21. The predicted molar refractivity (Wildman–Crippen MR) is 75.6 cm³/mol. The number of urea groups is 1. The molecule has 0 saturated heterocycles. The Morgan fingerprint density at radius 2 is 2.30 bits per heavy atom. The summed E-state index contributed by atoms with van der Waals surface area (Å²) in [5, 5.41) is 14.8. The number of aromatic nitrogens is 1. The summed E-state index contributed by atoms with van der Waals surface area (Å²) >= 11 is 1.56. The average molecular weight is 297 g/mol. The summed E-state index contributed by atoms with van der Waals surface area (Å²) in [6, 6.07) is -0.213. The van der Waals surface area contributed by atoms with E-state index < -0.39 is 5.97 Å². The molecular formula is C13H19N3O3S. The number of carboxylic acid groups (broad SMARTS) is 1. The van der Waals surface area contributed by atoms with E-state index in [-0.39, 0.29) is 18.0 Å². The van der Waals surface area contributed by atoms with Gasteiger partial charge in [-0.3, -0.25) is 4.79 Å². The van der Waals surface area contributed by atoms with Gasteiger partial charge in [0.2, 0.25) is 0 Å². The van der Waals surface area contributed by atoms with Gasteiger partial charge < -0.3 is 15.3 Å². The minimum atomic E-state index is -0.770. The van der Waals surface area contributed by atoms with Crippen molar-refractivity contribution in [1.29, 1.82) is 0 Å². The Balaban J connectivity index is 1.81. The van der Waals surface area contributed by atoms with Gasteiger partial charge in [0.25, 0.3) is 0 Å². The number of nitrogens with one attached hydrogen (secondary N) is 1. The number of hydrogen-bond donors (Lipinski definition) is 2. The molecule has 0 spiro atoms. The summed E-state index contributed by atoms with van der Waals surface area (Å²) in [7, 11) is 1.72. The molecule has 0 aromatic carbocycles. The molecule has 1 fully saturated rings. The normalized spacial score (nSPS) is 21.7. The zero-order valence-corrected chi connectivity index (χ0v) is 12.4. The number of carboxylic acids is 1. The van der Waals surface area contributed by atoms with Crippen molar-refractivity contribution in [2.24, 2.45) is 5.92 Å². The summed E-state index contributed by atoms with van der Waals surface area (Å²) in [4.78, 5) is 28.8. The smallest absolute Gasteiger partial charge is 0.317 e. The summed E-state index contributed by atoms with van der Waals surface area (Å²) < 4.78 is 0. The fourth-order valence-corrected chi connectivity index (χ4v) is 3.02. The predicted octanol–water partition coefficient (Wildman–Crippen LogP) is 1.85. The average Bonchev–Trinajstić information content (AvgIpc) is 2.98. The van der Waals surface area contributed by atoms with Crippen molar-refractivity contribution in [3.63, 3.8) is 0 Å². The molecule has 2 N–H and O–H groups in total. The highest BCUT2D eigenvalue weighted by atomic mass is 32.1. The van der Waals surface area contributed by atoms with Gasteiger partial charge >= 0.3 is 12.0 Å². The van der Waals surface area contributed by atoms with Gasteiger partial charge in [0.15, 0.2) is 0 Å². The molecule has 1 saturated carbocycles. The third-order valence-electron chi connectivity index (χ3n) is 3.52. The highest BCUT2D eigenvalue weighted by molar-refractivity contribution is 7.09. The minimum Gasteiger partial charge on any atom is -0.481 e. The Morgan fingerprint density at radius 3 is 2.85 bits per heavy atom. The van der Waals surface area contributed by atoms with Crippen LogP contribution in [0.3, 0.4) is 0 Å². The standard InChI is InChI=1S/C13H19N3O3S/c1-8-14-11(7-20-8)6-16(2)13(19)15-10-4-3-9(5-10)12(17)18/h7,9-10H,3-6H2,1-2H3,(H,15,19)(H,17,18)/t9-,10+/m1/s1. The zero-order valence-electron chi connectivity index (χ0n) is 11.6. The molecule has 0 bridgehead atoms. The number of aliphatic carboxylic acids is 1. The van der Waals surface area contributed by atoms with Crippen molar-refractivity contribution >= 4 is 23.3 Å². The first kappa shape index (κ1) is 14.8. The molecule has 2 amide bonds. The van der Waals surface area contributed by atoms with Crippen molar-refractivity contribution in [2.45, 2.75) is 38.8 Å². The van der Waals surface area contributed by atoms with Gasteiger partial charge in [0, 0.05) is 18.5 Å². The molecule has 110 valence electrons. The fourth-order valence-electron chi connectivity index (χ4n) is 2.42. The van der Waals surface area contributed by atoms with Gasteiger partial charge in [-0.25, -0.2) is 9.78 Å². The van der Waals surface area contributed by atoms with E-state index in [9.17, 15) is 9.59 Å². The highest BCUT2D eigenvalue weighted by Gasteiger charge is 2.31. The summed E-state index contributed by atoms with van der Waals surface area (Å²) in [6.45, 7) is 2.39. The van der Waals surface area contributed by atoms with Crippen LogP contribution in [0.15, 0.2) is 5.38 Å². The number of hydrogen-bond acceptors (Lipinski definition) is 4. The third-order valence-corrected chi connectivity index (χ3v) is 4.34. The maximum Gasteiger partial charge on any atom is 0.317 e. The van der Waals surface area contributed by atoms with Gasteiger partial charge in [-0.1, -0.05) is 0 Å². The lowest BCUT2D eigenvalue weighted by molar-refractivity contribution is -0.141. The van der Waals surface area contributed by atoms with Gasteiger partial charge in [-0.15, -0.1) is 11.3 Å². The molecule has 0 radical (unpaired) electrons. The van der Waals surface area contributed by atoms with Crippen molar-refractivity contribution in [1.82, 2.24) is 15.2 Å². The van der Waals surface area contributed by atoms with E-state index in [1.807, 2.05) is 12.3 Å². The molecule has 2 rings (SSSR count). The molecule has 2 atom stereocenters. The number of rotatable bonds is 4. The van der Waals surface area contributed by atoms with Crippen LogP contribution in [0.4, 0.5) is 4.79 Å². The maximum absolute atomic E-state index is 12.0. The quantitative estimate of drug-likeness (QED) is 0.888. The van der Waals surface area contributed by atoms with Crippen molar-refractivity contribution in [3.05, 3.63) is 16.1 Å². The summed E-state index contributed by atoms with van der Waals surface area (Å²) in [6.07, 6.45) is 1.88. The third kappa shape index (κ3) is 3.69. The lowest BCUT2D eigenvalue weighted by Crippen LogP contribution is -2.42. The highest BCUT2D eigenvalue weighted by Crippen LogP contribution is 2.25. The van der Waals surface area contributed by atoms with E-state index in [0.717, 1.165) is 17.1 Å². The van der Waals surface area contributed by atoms with Gasteiger partial charge in [0.1, 0.15) is 0 Å². The second-order valence-corrected chi connectivity index (χ2v) is 6.27. The van der Waals surface area contributed by atoms with Crippen LogP contribution in [0.5, 0.6) is 0 Å². The first-order valence-electron chi connectivity index (χ1n) is 6.61. The van der Waals surface area contributed by atoms with Gasteiger partial charge in [-0.05, 0) is 26.2 Å². The first-order chi connectivity index (χ1) is 9.45. The van der Waals surface area contributed by atoms with Gasteiger partial charge in [-0.2, -0.15) is 0 Å². The number of amides is 2. The van der Waals surface area contributed by atoms with E-state index in [4.69, 9.17) is 5.11 Å². The summed E-state index contributed by atoms with van der Waals surface area (Å²) in [5.41, 5.74) is 0.875. The van der Waals surface area contributed by atoms with Crippen molar-refractivity contribution < 1.29 is 14.7 Å². The van der Waals surface area contributed by atoms with Crippen LogP contribution in [-0.4, -0.2) is 40.1 Å². The molecule has 1 aliphatic carbocycles. The summed E-state index contributed by atoms with van der Waals surface area (Å²) in [5.74, 6) is -1.10. The van der Waals surface area contributed by atoms with Crippen LogP contribution in [0.2, 0.25) is 0 Å². The van der Waals surface area contributed by atoms with Crippen LogP contribution in [0.1, 0.15) is 30.0 Å². The van der Waals surface area contributed by atoms with E-state index >= 15 is 0 Å². The van der Waals surface area contributed by atoms with Crippen LogP contribution in [-0.2, 0) is 11.3 Å². The van der Waals surface area contributed by atoms with Crippen LogP contribution in [0.25, 0.3) is 0 Å². The van der Waals surface area contributed by atoms with E-state index in [0.29, 0.717) is 19.4 Å². The molecule has 1 aromatic heterocycles. The lowest BCUT2D eigenvalue weighted by Gasteiger charge is -2.20. The van der Waals surface area contributed by atoms with E-state index in [2.05, 4.69) is 10.3 Å². The van der Waals surface area contributed by atoms with Gasteiger partial charge in [0.05, 0.1) is 23.2 Å². The molecule has 7 heteroatoms. The van der Waals surface area contributed by atoms with Crippen LogP contribution in [0, 0.1) is 12.8 Å². The molecule has 0 unspecified atom stereocenters. The number of thiazole rings is 1. The molecule has 1 heterocycles. The van der Waals surface area contributed by atoms with Crippen LogP contribution >= 0.6 is 11.3 Å². The maximum atomic E-state index is 12.0. The monoisotopic (exact) mass is 297 g/mol. The lowest BCUT2D eigenvalue weighted by atomic mass is 10.1. The number of nitrogens with zero attached hydrogens (tertiary/aromatic N) is 2. The molecule has 6 nitrogen and oxygen atoms in total. The van der Waals surface area contributed by atoms with E-state index in [1.54, 1.807) is 23.3 Å². The molecular weight excluding hydrogens is 278 g/mol. The van der Waals surface area contributed by atoms with E-state index in [1.165, 1.54) is 0 Å². The SMILES string of the molecule is Cc1nc(CN(C)C(=O)N[C@H]2CC[C@@H](C(=O)O)C2)cs1. The Labute approximate surface area is 121 Å². The topological polar surface area (TPSA) is 82.5 Å². The van der Waals surface area contributed by atoms with Crippen molar-refractivity contribution in [2.75, 3.05) is 7.05 Å². The van der Waals surface area contributed by atoms with Crippen molar-refractivity contribution in [3.8, 4) is 0 Å². The minimum absolute atomic E-state index is 0.0387. The zero-order chi connectivity index (χ0) is 14.7. The Bertz CT molecular complexity index is 503. The first-order valence-corrected chi connectivity index (χ1v) is 7.49.